The predicted molar refractivity (Wildman–Crippen MR) is 408 cm³/mol. The second-order valence-corrected chi connectivity index (χ2v) is 26.0. The summed E-state index contributed by atoms with van der Waals surface area (Å²) in [6, 6.07) is 114. The molecule has 12 heteroatoms. The van der Waals surface area contributed by atoms with Crippen LogP contribution >= 0.6 is 0 Å². The zero-order valence-corrected chi connectivity index (χ0v) is 56.1. The highest BCUT2D eigenvalue weighted by molar-refractivity contribution is 6.14. The number of nitriles is 8. The van der Waals surface area contributed by atoms with E-state index in [4.69, 9.17) is 0 Å². The molecule has 0 bridgehead atoms. The lowest BCUT2D eigenvalue weighted by molar-refractivity contribution is 0.376. The number of fused-ring (bicyclic) bond motifs is 10. The molecule has 14 aromatic carbocycles. The maximum Gasteiger partial charge on any atom is 0.0991 e. The Morgan fingerprint density at radius 3 is 0.635 bits per heavy atom. The minimum absolute atomic E-state index is 0.494. The standard InChI is InChI=1S/C92H54N12/c1-91(83-47-75(101(67-27-11-59(51-93)12-28-67)68-29-13-60(52-94)14-30-68)43-45-81(83)89-79-9-5-3-7-77(79)87(49-85(89)91)103(71-35-19-63(55-97)20-36-71)72-37-21-64(56-98)22-38-72)92(2)84-48-76(102(69-31-15-61(53-95)16-32-69)70-33-17-62(54-96)18-34-70)44-46-82(84)90-80-10-6-4-8-78(80)88(50-86(90)92)104(73-39-23-65(57-99)24-40-73)74-41-25-66(58-100)26-42-74/h3-50H,1-2H3. The van der Waals surface area contributed by atoms with Gasteiger partial charge in [-0.25, -0.2) is 0 Å². The largest absolute Gasteiger partial charge is 0.310 e. The number of anilines is 12. The number of rotatable bonds is 13. The Balaban J connectivity index is 1.07. The van der Waals surface area contributed by atoms with E-state index in [1.165, 1.54) is 0 Å². The van der Waals surface area contributed by atoms with E-state index in [1.807, 2.05) is 194 Å². The van der Waals surface area contributed by atoms with Crippen molar-refractivity contribution in [1.29, 1.82) is 42.1 Å². The van der Waals surface area contributed by atoms with Crippen LogP contribution in [-0.2, 0) is 10.8 Å². The second-order valence-electron chi connectivity index (χ2n) is 26.0. The molecule has 14 aromatic rings. The summed E-state index contributed by atoms with van der Waals surface area (Å²) in [4.78, 5) is 8.74. The third-order valence-corrected chi connectivity index (χ3v) is 20.8. The van der Waals surface area contributed by atoms with Crippen molar-refractivity contribution in [1.82, 2.24) is 0 Å². The SMILES string of the molecule is CC1(C2(C)c3cc(N(c4ccc(C#N)cc4)c4ccc(C#N)cc4)ccc3-c3c2cc(N(c2ccc(C#N)cc2)c2ccc(C#N)cc2)c2ccccc32)c2cc(N(c3ccc(C#N)cc3)c3ccc(C#N)cc3)ccc2-c2c1cc(N(c1ccc(C#N)cc1)c1ccc(C#N)cc1)c1ccccc21. The van der Waals surface area contributed by atoms with Crippen LogP contribution in [0.3, 0.4) is 0 Å². The fourth-order valence-corrected chi connectivity index (χ4v) is 15.7. The second kappa shape index (κ2) is 25.5. The predicted octanol–water partition coefficient (Wildman–Crippen LogP) is 22.1. The van der Waals surface area contributed by atoms with Gasteiger partial charge in [-0.05, 0) is 286 Å². The van der Waals surface area contributed by atoms with Gasteiger partial charge in [0.15, 0.2) is 0 Å². The molecule has 0 heterocycles. The van der Waals surface area contributed by atoms with E-state index >= 15 is 0 Å². The molecule has 0 fully saturated rings. The molecule has 2 unspecified atom stereocenters. The van der Waals surface area contributed by atoms with Crippen LogP contribution in [0.4, 0.5) is 68.2 Å². The van der Waals surface area contributed by atoms with Gasteiger partial charge >= 0.3 is 0 Å². The zero-order chi connectivity index (χ0) is 71.4. The van der Waals surface area contributed by atoms with Gasteiger partial charge in [-0.3, -0.25) is 0 Å². The van der Waals surface area contributed by atoms with Crippen molar-refractivity contribution >= 4 is 89.8 Å². The van der Waals surface area contributed by atoms with E-state index in [2.05, 4.69) is 179 Å². The van der Waals surface area contributed by atoms with E-state index in [0.717, 1.165) is 134 Å². The minimum atomic E-state index is -1.14. The van der Waals surface area contributed by atoms with Gasteiger partial charge in [0.25, 0.3) is 0 Å². The highest BCUT2D eigenvalue weighted by atomic mass is 15.2. The highest BCUT2D eigenvalue weighted by Crippen LogP contribution is 2.69. The molecule has 104 heavy (non-hydrogen) atoms. The molecule has 2 aliphatic rings. The molecule has 0 amide bonds. The molecule has 482 valence electrons. The molecule has 0 saturated heterocycles. The minimum Gasteiger partial charge on any atom is -0.310 e. The van der Waals surface area contributed by atoms with Crippen molar-refractivity contribution in [3.8, 4) is 70.8 Å². The number of hydrogen-bond donors (Lipinski definition) is 0. The first-order valence-corrected chi connectivity index (χ1v) is 33.6. The number of nitrogens with zero attached hydrogens (tertiary/aromatic N) is 12. The summed E-state index contributed by atoms with van der Waals surface area (Å²) in [5.74, 6) is 0. The molecule has 2 atom stereocenters. The van der Waals surface area contributed by atoms with Crippen molar-refractivity contribution in [3.63, 3.8) is 0 Å². The lowest BCUT2D eigenvalue weighted by Crippen LogP contribution is -2.44. The summed E-state index contributed by atoms with van der Waals surface area (Å²) >= 11 is 0. The van der Waals surface area contributed by atoms with Gasteiger partial charge in [-0.2, -0.15) is 42.1 Å². The molecule has 0 aliphatic heterocycles. The van der Waals surface area contributed by atoms with E-state index in [-0.39, 0.29) is 0 Å². The molecule has 0 radical (unpaired) electrons. The molecule has 0 spiro atoms. The van der Waals surface area contributed by atoms with Crippen LogP contribution in [0.25, 0.3) is 43.8 Å². The summed E-state index contributed by atoms with van der Waals surface area (Å²) in [6.07, 6.45) is 0. The monoisotopic (exact) mass is 1330 g/mol. The van der Waals surface area contributed by atoms with Gasteiger partial charge in [0.2, 0.25) is 0 Å². The quantitative estimate of drug-likeness (QED) is 0.106. The molecule has 12 nitrogen and oxygen atoms in total. The van der Waals surface area contributed by atoms with Crippen molar-refractivity contribution < 1.29 is 0 Å². The van der Waals surface area contributed by atoms with E-state index in [0.29, 0.717) is 44.5 Å². The van der Waals surface area contributed by atoms with E-state index in [1.54, 1.807) is 0 Å². The first-order chi connectivity index (χ1) is 50.9. The fourth-order valence-electron chi connectivity index (χ4n) is 15.7. The Kier molecular flexibility index (Phi) is 15.6. The van der Waals surface area contributed by atoms with Gasteiger partial charge < -0.3 is 19.6 Å². The average molecular weight is 1330 g/mol. The maximum atomic E-state index is 10.2. The zero-order valence-electron chi connectivity index (χ0n) is 56.1. The summed E-state index contributed by atoms with van der Waals surface area (Å²) < 4.78 is 0. The van der Waals surface area contributed by atoms with Crippen molar-refractivity contribution in [2.24, 2.45) is 0 Å². The lowest BCUT2D eigenvalue weighted by Gasteiger charge is -2.46. The fraction of sp³-hybridized carbons (Fsp3) is 0.0435. The van der Waals surface area contributed by atoms with Crippen LogP contribution in [0.1, 0.15) is 80.6 Å². The third-order valence-electron chi connectivity index (χ3n) is 20.8. The van der Waals surface area contributed by atoms with Gasteiger partial charge in [-0.15, -0.1) is 0 Å². The lowest BCUT2D eigenvalue weighted by atomic mass is 9.56. The molecule has 0 N–H and O–H groups in total. The number of benzene rings is 14. The van der Waals surface area contributed by atoms with Gasteiger partial charge in [0.1, 0.15) is 0 Å². The Morgan fingerprint density at radius 1 is 0.212 bits per heavy atom. The Bertz CT molecular complexity index is 5600. The topological polar surface area (TPSA) is 203 Å². The van der Waals surface area contributed by atoms with Crippen molar-refractivity contribution in [2.45, 2.75) is 24.7 Å². The normalized spacial score (nSPS) is 14.1. The van der Waals surface area contributed by atoms with Gasteiger partial charge in [0, 0.05) is 78.5 Å². The summed E-state index contributed by atoms with van der Waals surface area (Å²) in [7, 11) is 0. The first-order valence-electron chi connectivity index (χ1n) is 33.6. The van der Waals surface area contributed by atoms with Gasteiger partial charge in [0.05, 0.1) is 104 Å². The molecular formula is C92H54N12. The summed E-state index contributed by atoms with van der Waals surface area (Å²) in [5, 5.41) is 85.4. The molecule has 0 saturated carbocycles. The van der Waals surface area contributed by atoms with E-state index < -0.39 is 10.8 Å². The maximum absolute atomic E-state index is 10.2. The van der Waals surface area contributed by atoms with Crippen LogP contribution in [0.15, 0.2) is 291 Å². The van der Waals surface area contributed by atoms with Crippen LogP contribution in [0.2, 0.25) is 0 Å². The Hall–Kier alpha value is -15.3. The van der Waals surface area contributed by atoms with Crippen LogP contribution in [-0.4, -0.2) is 0 Å². The first kappa shape index (κ1) is 63.5. The Morgan fingerprint density at radius 2 is 0.413 bits per heavy atom. The molecular weight excluding hydrogens is 1270 g/mol. The smallest absolute Gasteiger partial charge is 0.0991 e. The Labute approximate surface area is 601 Å². The van der Waals surface area contributed by atoms with Crippen molar-refractivity contribution in [2.75, 3.05) is 19.6 Å². The van der Waals surface area contributed by atoms with Crippen LogP contribution < -0.4 is 19.6 Å². The van der Waals surface area contributed by atoms with Gasteiger partial charge in [-0.1, -0.05) is 74.5 Å². The van der Waals surface area contributed by atoms with Crippen molar-refractivity contribution in [3.05, 3.63) is 358 Å². The summed E-state index contributed by atoms with van der Waals surface area (Å²) in [5.41, 5.74) is 19.1. The summed E-state index contributed by atoms with van der Waals surface area (Å²) in [6.45, 7) is 4.75. The van der Waals surface area contributed by atoms with Crippen LogP contribution in [0, 0.1) is 90.6 Å². The van der Waals surface area contributed by atoms with Crippen LogP contribution in [0.5, 0.6) is 0 Å². The molecule has 2 aliphatic carbocycles. The molecule has 16 rings (SSSR count). The third kappa shape index (κ3) is 10.2. The molecule has 0 aromatic heterocycles. The average Bonchev–Trinajstić information content (AvgIpc) is 1.49. The van der Waals surface area contributed by atoms with E-state index in [9.17, 15) is 42.1 Å². The highest BCUT2D eigenvalue weighted by Gasteiger charge is 2.59. The number of hydrogen-bond acceptors (Lipinski definition) is 12.